The van der Waals surface area contributed by atoms with E-state index in [2.05, 4.69) is 20.4 Å². The maximum Gasteiger partial charge on any atom is 0.329 e. The molecule has 2 heterocycles. The molecule has 2 aromatic rings. The highest BCUT2D eigenvalue weighted by Crippen LogP contribution is 2.30. The largest absolute Gasteiger partial charge is 0.480 e. The number of aliphatic carboxylic acids is 1. The highest BCUT2D eigenvalue weighted by atomic mass is 16.4. The predicted octanol–water partition coefficient (Wildman–Crippen LogP) is 1.19. The van der Waals surface area contributed by atoms with Gasteiger partial charge in [-0.2, -0.15) is 10.1 Å². The van der Waals surface area contributed by atoms with Crippen molar-refractivity contribution in [2.24, 2.45) is 0 Å². The number of carboxylic acids is 1. The molecule has 1 fully saturated rings. The van der Waals surface area contributed by atoms with Crippen LogP contribution in [-0.4, -0.2) is 42.1 Å². The summed E-state index contributed by atoms with van der Waals surface area (Å²) in [5.74, 6) is -0.641. The fraction of sp³-hybridized carbons (Fsp3) is 0.562. The van der Waals surface area contributed by atoms with E-state index in [1.807, 2.05) is 13.8 Å². The molecule has 0 atom stereocenters. The first kappa shape index (κ1) is 16.4. The van der Waals surface area contributed by atoms with Gasteiger partial charge in [-0.05, 0) is 38.7 Å². The van der Waals surface area contributed by atoms with Gasteiger partial charge in [0.2, 0.25) is 5.91 Å². The molecule has 1 amide bonds. The monoisotopic (exact) mass is 331 g/mol. The molecule has 0 aliphatic heterocycles. The molecule has 1 saturated carbocycles. The third kappa shape index (κ3) is 2.83. The standard InChI is InChI=1S/C16H21N5O3/c1-10-12(11(2)21-15(19-10)17-9-18-21)5-6-13(22)20-16(14(23)24)7-3-4-8-16/h9H,3-8H2,1-2H3,(H,20,22)(H,23,24). The van der Waals surface area contributed by atoms with Crippen LogP contribution in [0.1, 0.15) is 49.1 Å². The predicted molar refractivity (Wildman–Crippen MR) is 85.6 cm³/mol. The summed E-state index contributed by atoms with van der Waals surface area (Å²) in [7, 11) is 0. The van der Waals surface area contributed by atoms with Crippen LogP contribution in [-0.2, 0) is 16.0 Å². The fourth-order valence-corrected chi connectivity index (χ4v) is 3.46. The van der Waals surface area contributed by atoms with Crippen LogP contribution in [0.4, 0.5) is 0 Å². The molecular weight excluding hydrogens is 310 g/mol. The number of carboxylic acid groups (broad SMARTS) is 1. The molecule has 0 saturated heterocycles. The fourth-order valence-electron chi connectivity index (χ4n) is 3.46. The molecule has 8 heteroatoms. The van der Waals surface area contributed by atoms with Crippen LogP contribution in [0.15, 0.2) is 6.33 Å². The van der Waals surface area contributed by atoms with Crippen LogP contribution in [0.25, 0.3) is 5.78 Å². The zero-order valence-electron chi connectivity index (χ0n) is 13.9. The number of aromatic nitrogens is 4. The molecule has 3 rings (SSSR count). The lowest BCUT2D eigenvalue weighted by molar-refractivity contribution is -0.147. The van der Waals surface area contributed by atoms with Crippen LogP contribution in [0.3, 0.4) is 0 Å². The lowest BCUT2D eigenvalue weighted by atomic mass is 9.97. The quantitative estimate of drug-likeness (QED) is 0.851. The minimum Gasteiger partial charge on any atom is -0.480 e. The molecule has 0 bridgehead atoms. The molecule has 24 heavy (non-hydrogen) atoms. The number of hydrogen-bond donors (Lipinski definition) is 2. The Hall–Kier alpha value is -2.51. The molecule has 128 valence electrons. The number of hydrogen-bond acceptors (Lipinski definition) is 5. The third-order valence-corrected chi connectivity index (χ3v) is 4.84. The zero-order valence-corrected chi connectivity index (χ0v) is 13.9. The van der Waals surface area contributed by atoms with Crippen molar-refractivity contribution >= 4 is 17.7 Å². The molecule has 1 aliphatic carbocycles. The van der Waals surface area contributed by atoms with Crippen molar-refractivity contribution in [2.45, 2.75) is 57.9 Å². The molecule has 2 aromatic heterocycles. The lowest BCUT2D eigenvalue weighted by Crippen LogP contribution is -2.52. The average Bonchev–Trinajstić information content (AvgIpc) is 3.16. The Kier molecular flexibility index (Phi) is 4.21. The molecule has 0 aromatic carbocycles. The van der Waals surface area contributed by atoms with Gasteiger partial charge in [-0.3, -0.25) is 4.79 Å². The minimum atomic E-state index is -1.09. The van der Waals surface area contributed by atoms with Gasteiger partial charge in [0.05, 0.1) is 0 Å². The van der Waals surface area contributed by atoms with Gasteiger partial charge in [-0.15, -0.1) is 0 Å². The minimum absolute atomic E-state index is 0.221. The smallest absolute Gasteiger partial charge is 0.329 e. The van der Waals surface area contributed by atoms with E-state index in [-0.39, 0.29) is 12.3 Å². The van der Waals surface area contributed by atoms with Crippen molar-refractivity contribution < 1.29 is 14.7 Å². The van der Waals surface area contributed by atoms with Crippen LogP contribution in [0.2, 0.25) is 0 Å². The Labute approximate surface area is 139 Å². The van der Waals surface area contributed by atoms with Crippen molar-refractivity contribution in [3.05, 3.63) is 23.3 Å². The second-order valence-electron chi connectivity index (χ2n) is 6.38. The lowest BCUT2D eigenvalue weighted by Gasteiger charge is -2.25. The van der Waals surface area contributed by atoms with Gasteiger partial charge in [-0.25, -0.2) is 14.3 Å². The molecule has 0 spiro atoms. The van der Waals surface area contributed by atoms with Gasteiger partial charge in [0.25, 0.3) is 5.78 Å². The van der Waals surface area contributed by atoms with Crippen molar-refractivity contribution in [1.29, 1.82) is 0 Å². The maximum absolute atomic E-state index is 12.3. The highest BCUT2D eigenvalue weighted by molar-refractivity contribution is 5.87. The van der Waals surface area contributed by atoms with E-state index in [0.717, 1.165) is 29.8 Å². The van der Waals surface area contributed by atoms with Gasteiger partial charge in [0.1, 0.15) is 11.9 Å². The second kappa shape index (κ2) is 6.18. The van der Waals surface area contributed by atoms with E-state index >= 15 is 0 Å². The van der Waals surface area contributed by atoms with Crippen molar-refractivity contribution in [3.63, 3.8) is 0 Å². The summed E-state index contributed by atoms with van der Waals surface area (Å²) in [5.41, 5.74) is 1.57. The average molecular weight is 331 g/mol. The number of fused-ring (bicyclic) bond motifs is 1. The molecule has 0 radical (unpaired) electrons. The summed E-state index contributed by atoms with van der Waals surface area (Å²) in [5, 5.41) is 16.3. The highest BCUT2D eigenvalue weighted by Gasteiger charge is 2.42. The van der Waals surface area contributed by atoms with E-state index in [1.54, 1.807) is 4.52 Å². The van der Waals surface area contributed by atoms with Crippen molar-refractivity contribution in [1.82, 2.24) is 24.9 Å². The van der Waals surface area contributed by atoms with Crippen molar-refractivity contribution in [2.75, 3.05) is 0 Å². The topological polar surface area (TPSA) is 109 Å². The Morgan fingerprint density at radius 3 is 2.71 bits per heavy atom. The van der Waals surface area contributed by atoms with E-state index in [0.29, 0.717) is 25.0 Å². The molecular formula is C16H21N5O3. The Balaban J connectivity index is 1.71. The van der Waals surface area contributed by atoms with E-state index in [9.17, 15) is 14.7 Å². The van der Waals surface area contributed by atoms with E-state index in [1.165, 1.54) is 6.33 Å². The maximum atomic E-state index is 12.3. The van der Waals surface area contributed by atoms with Gasteiger partial charge in [0, 0.05) is 17.8 Å². The van der Waals surface area contributed by atoms with Crippen molar-refractivity contribution in [3.8, 4) is 0 Å². The van der Waals surface area contributed by atoms with Crippen LogP contribution in [0.5, 0.6) is 0 Å². The summed E-state index contributed by atoms with van der Waals surface area (Å²) in [4.78, 5) is 32.3. The normalized spacial score (nSPS) is 16.4. The number of rotatable bonds is 5. The number of aryl methyl sites for hydroxylation is 2. The third-order valence-electron chi connectivity index (χ3n) is 4.84. The zero-order chi connectivity index (χ0) is 17.3. The van der Waals surface area contributed by atoms with Gasteiger partial charge >= 0.3 is 5.97 Å². The summed E-state index contributed by atoms with van der Waals surface area (Å²) in [6.45, 7) is 3.80. The summed E-state index contributed by atoms with van der Waals surface area (Å²) in [6, 6.07) is 0. The summed E-state index contributed by atoms with van der Waals surface area (Å²) in [6.07, 6.45) is 4.81. The summed E-state index contributed by atoms with van der Waals surface area (Å²) < 4.78 is 1.65. The number of carbonyl (C=O) groups is 2. The first-order valence-corrected chi connectivity index (χ1v) is 8.13. The number of carbonyl (C=O) groups excluding carboxylic acids is 1. The second-order valence-corrected chi connectivity index (χ2v) is 6.38. The Morgan fingerprint density at radius 1 is 1.33 bits per heavy atom. The first-order valence-electron chi connectivity index (χ1n) is 8.13. The molecule has 2 N–H and O–H groups in total. The molecule has 1 aliphatic rings. The van der Waals surface area contributed by atoms with Crippen LogP contribution < -0.4 is 5.32 Å². The van der Waals surface area contributed by atoms with Gasteiger partial charge in [0.15, 0.2) is 0 Å². The van der Waals surface area contributed by atoms with Crippen LogP contribution in [0, 0.1) is 13.8 Å². The van der Waals surface area contributed by atoms with E-state index in [4.69, 9.17) is 0 Å². The summed E-state index contributed by atoms with van der Waals surface area (Å²) >= 11 is 0. The van der Waals surface area contributed by atoms with Crippen LogP contribution >= 0.6 is 0 Å². The SMILES string of the molecule is Cc1nc2ncnn2c(C)c1CCC(=O)NC1(C(=O)O)CCCC1. The van der Waals surface area contributed by atoms with E-state index < -0.39 is 11.5 Å². The number of nitrogens with one attached hydrogen (secondary N) is 1. The number of amides is 1. The van der Waals surface area contributed by atoms with Gasteiger partial charge in [-0.1, -0.05) is 12.8 Å². The molecule has 0 unspecified atom stereocenters. The molecule has 8 nitrogen and oxygen atoms in total. The Bertz CT molecular complexity index is 792. The van der Waals surface area contributed by atoms with Gasteiger partial charge < -0.3 is 10.4 Å². The first-order chi connectivity index (χ1) is 11.4. The number of nitrogens with zero attached hydrogens (tertiary/aromatic N) is 4. The Morgan fingerprint density at radius 2 is 2.04 bits per heavy atom.